The molecule has 0 atom stereocenters. The van der Waals surface area contributed by atoms with E-state index in [9.17, 15) is 4.79 Å². The van der Waals surface area contributed by atoms with Gasteiger partial charge in [-0.15, -0.1) is 0 Å². The summed E-state index contributed by atoms with van der Waals surface area (Å²) in [6.45, 7) is 3.59. The fourth-order valence-corrected chi connectivity index (χ4v) is 4.32. The van der Waals surface area contributed by atoms with Gasteiger partial charge in [0.2, 0.25) is 5.75 Å². The Morgan fingerprint density at radius 1 is 0.758 bits per heavy atom. The number of rotatable bonds is 7. The molecule has 1 aliphatic heterocycles. The Hall–Kier alpha value is -3.45. The Bertz CT molecular complexity index is 1110. The number of ether oxygens (including phenoxy) is 4. The third kappa shape index (κ3) is 4.68. The van der Waals surface area contributed by atoms with Crippen LogP contribution in [0.1, 0.15) is 15.9 Å². The predicted octanol–water partition coefficient (Wildman–Crippen LogP) is 3.83. The van der Waals surface area contributed by atoms with Crippen LogP contribution < -0.4 is 18.9 Å². The second-order valence-electron chi connectivity index (χ2n) is 8.00. The van der Waals surface area contributed by atoms with E-state index in [2.05, 4.69) is 4.90 Å². The summed E-state index contributed by atoms with van der Waals surface area (Å²) in [5.41, 5.74) is 1.68. The number of carbonyl (C=O) groups excluding carboxylic acids is 1. The van der Waals surface area contributed by atoms with Gasteiger partial charge in [-0.1, -0.05) is 24.3 Å². The fourth-order valence-electron chi connectivity index (χ4n) is 4.32. The Balaban J connectivity index is 1.45. The van der Waals surface area contributed by atoms with Gasteiger partial charge in [-0.25, -0.2) is 0 Å². The van der Waals surface area contributed by atoms with Crippen molar-refractivity contribution in [3.63, 3.8) is 0 Å². The molecular formula is C26H30N2O5. The van der Waals surface area contributed by atoms with Crippen LogP contribution in [0.5, 0.6) is 23.0 Å². The molecule has 0 unspecified atom stereocenters. The van der Waals surface area contributed by atoms with Gasteiger partial charge in [0.05, 0.1) is 34.0 Å². The number of carbonyl (C=O) groups is 1. The molecule has 1 aliphatic rings. The minimum atomic E-state index is 0.00467. The van der Waals surface area contributed by atoms with Gasteiger partial charge in [-0.2, -0.15) is 0 Å². The van der Waals surface area contributed by atoms with Crippen LogP contribution in [-0.4, -0.2) is 70.3 Å². The van der Waals surface area contributed by atoms with E-state index < -0.39 is 0 Å². The Morgan fingerprint density at radius 3 is 1.88 bits per heavy atom. The molecule has 7 heteroatoms. The molecule has 0 bridgehead atoms. The van der Waals surface area contributed by atoms with E-state index in [1.165, 1.54) is 0 Å². The minimum Gasteiger partial charge on any atom is -0.496 e. The highest BCUT2D eigenvalue weighted by Crippen LogP contribution is 2.38. The number of benzene rings is 3. The van der Waals surface area contributed by atoms with Crippen LogP contribution in [0.25, 0.3) is 10.8 Å². The van der Waals surface area contributed by atoms with Crippen molar-refractivity contribution in [1.82, 2.24) is 9.80 Å². The SMILES string of the molecule is COc1cc2ccccc2cc1C(=O)N1CCN(Cc2cc(OC)c(OC)c(OC)c2)CC1. The summed E-state index contributed by atoms with van der Waals surface area (Å²) >= 11 is 0. The van der Waals surface area contributed by atoms with Gasteiger partial charge >= 0.3 is 0 Å². The first-order chi connectivity index (χ1) is 16.1. The summed E-state index contributed by atoms with van der Waals surface area (Å²) < 4.78 is 21.9. The third-order valence-corrected chi connectivity index (χ3v) is 6.09. The summed E-state index contributed by atoms with van der Waals surface area (Å²) in [4.78, 5) is 17.5. The minimum absolute atomic E-state index is 0.00467. The molecule has 0 aliphatic carbocycles. The lowest BCUT2D eigenvalue weighted by Crippen LogP contribution is -2.48. The Labute approximate surface area is 194 Å². The van der Waals surface area contributed by atoms with E-state index in [4.69, 9.17) is 18.9 Å². The summed E-state index contributed by atoms with van der Waals surface area (Å²) in [5, 5.41) is 2.09. The van der Waals surface area contributed by atoms with E-state index >= 15 is 0 Å². The monoisotopic (exact) mass is 450 g/mol. The molecule has 0 saturated carbocycles. The maximum Gasteiger partial charge on any atom is 0.257 e. The molecule has 1 amide bonds. The molecule has 3 aromatic carbocycles. The van der Waals surface area contributed by atoms with Crippen molar-refractivity contribution in [2.75, 3.05) is 54.6 Å². The zero-order valence-electron chi connectivity index (χ0n) is 19.6. The first kappa shape index (κ1) is 22.7. The molecule has 174 valence electrons. The fraction of sp³-hybridized carbons (Fsp3) is 0.346. The van der Waals surface area contributed by atoms with Gasteiger partial charge in [-0.3, -0.25) is 9.69 Å². The average molecular weight is 451 g/mol. The Kier molecular flexibility index (Phi) is 6.89. The molecule has 0 aromatic heterocycles. The first-order valence-electron chi connectivity index (χ1n) is 10.9. The third-order valence-electron chi connectivity index (χ3n) is 6.09. The van der Waals surface area contributed by atoms with Crippen molar-refractivity contribution in [1.29, 1.82) is 0 Å². The van der Waals surface area contributed by atoms with Crippen molar-refractivity contribution in [3.8, 4) is 23.0 Å². The average Bonchev–Trinajstić information content (AvgIpc) is 2.87. The second kappa shape index (κ2) is 10.0. The van der Waals surface area contributed by atoms with Crippen LogP contribution in [-0.2, 0) is 6.54 Å². The first-order valence-corrected chi connectivity index (χ1v) is 10.9. The van der Waals surface area contributed by atoms with E-state index in [-0.39, 0.29) is 5.91 Å². The Morgan fingerprint density at radius 2 is 1.33 bits per heavy atom. The molecular weight excluding hydrogens is 420 g/mol. The highest BCUT2D eigenvalue weighted by molar-refractivity contribution is 6.01. The van der Waals surface area contributed by atoms with Crippen molar-refractivity contribution >= 4 is 16.7 Å². The summed E-state index contributed by atoms with van der Waals surface area (Å²) in [6.07, 6.45) is 0. The van der Waals surface area contributed by atoms with Crippen LogP contribution in [0.3, 0.4) is 0 Å². The van der Waals surface area contributed by atoms with E-state index in [1.807, 2.05) is 53.4 Å². The zero-order chi connectivity index (χ0) is 23.4. The lowest BCUT2D eigenvalue weighted by atomic mass is 10.0. The maximum atomic E-state index is 13.3. The summed E-state index contributed by atoms with van der Waals surface area (Å²) in [7, 11) is 6.44. The van der Waals surface area contributed by atoms with Gasteiger partial charge in [0.15, 0.2) is 11.5 Å². The highest BCUT2D eigenvalue weighted by atomic mass is 16.5. The number of hydrogen-bond donors (Lipinski definition) is 0. The van der Waals surface area contributed by atoms with Crippen LogP contribution in [0.15, 0.2) is 48.5 Å². The highest BCUT2D eigenvalue weighted by Gasteiger charge is 2.25. The van der Waals surface area contributed by atoms with Crippen LogP contribution >= 0.6 is 0 Å². The van der Waals surface area contributed by atoms with Crippen molar-refractivity contribution in [2.24, 2.45) is 0 Å². The number of hydrogen-bond acceptors (Lipinski definition) is 6. The lowest BCUT2D eigenvalue weighted by molar-refractivity contribution is 0.0625. The van der Waals surface area contributed by atoms with E-state index in [0.717, 1.165) is 36.0 Å². The van der Waals surface area contributed by atoms with Crippen molar-refractivity contribution in [2.45, 2.75) is 6.54 Å². The maximum absolute atomic E-state index is 13.3. The number of piperazine rings is 1. The van der Waals surface area contributed by atoms with Crippen LogP contribution in [0.2, 0.25) is 0 Å². The number of methoxy groups -OCH3 is 4. The smallest absolute Gasteiger partial charge is 0.257 e. The summed E-state index contributed by atoms with van der Waals surface area (Å²) in [5.74, 6) is 2.49. The van der Waals surface area contributed by atoms with Crippen molar-refractivity contribution < 1.29 is 23.7 Å². The normalized spacial score (nSPS) is 14.2. The molecule has 4 rings (SSSR count). The summed E-state index contributed by atoms with van der Waals surface area (Å²) in [6, 6.07) is 15.8. The molecule has 1 saturated heterocycles. The number of amides is 1. The standard InChI is InChI=1S/C26H30N2O5/c1-30-22-16-20-8-6-5-7-19(20)15-21(22)26(29)28-11-9-27(10-12-28)17-18-13-23(31-2)25(33-4)24(14-18)32-3/h5-8,13-16H,9-12,17H2,1-4H3. The van der Waals surface area contributed by atoms with Gasteiger partial charge in [0.1, 0.15) is 5.75 Å². The second-order valence-corrected chi connectivity index (χ2v) is 8.00. The zero-order valence-corrected chi connectivity index (χ0v) is 19.6. The van der Waals surface area contributed by atoms with Gasteiger partial charge in [0.25, 0.3) is 5.91 Å². The largest absolute Gasteiger partial charge is 0.496 e. The van der Waals surface area contributed by atoms with Crippen LogP contribution in [0.4, 0.5) is 0 Å². The molecule has 1 heterocycles. The van der Waals surface area contributed by atoms with E-state index in [0.29, 0.717) is 41.7 Å². The molecule has 0 radical (unpaired) electrons. The quantitative estimate of drug-likeness (QED) is 0.545. The van der Waals surface area contributed by atoms with Gasteiger partial charge in [-0.05, 0) is 40.6 Å². The molecule has 7 nitrogen and oxygen atoms in total. The van der Waals surface area contributed by atoms with Gasteiger partial charge in [0, 0.05) is 32.7 Å². The molecule has 33 heavy (non-hydrogen) atoms. The number of nitrogens with zero attached hydrogens (tertiary/aromatic N) is 2. The van der Waals surface area contributed by atoms with Crippen molar-refractivity contribution in [3.05, 3.63) is 59.7 Å². The number of fused-ring (bicyclic) bond motifs is 1. The van der Waals surface area contributed by atoms with Crippen LogP contribution in [0, 0.1) is 0 Å². The topological polar surface area (TPSA) is 60.5 Å². The molecule has 0 N–H and O–H groups in total. The van der Waals surface area contributed by atoms with Gasteiger partial charge < -0.3 is 23.8 Å². The lowest BCUT2D eigenvalue weighted by Gasteiger charge is -2.35. The van der Waals surface area contributed by atoms with E-state index in [1.54, 1.807) is 28.4 Å². The predicted molar refractivity (Wildman–Crippen MR) is 128 cm³/mol. The molecule has 3 aromatic rings. The molecule has 0 spiro atoms. The molecule has 1 fully saturated rings.